The zero-order valence-corrected chi connectivity index (χ0v) is 18.6. The smallest absolute Gasteiger partial charge is 0.277 e. The van der Waals surface area contributed by atoms with Gasteiger partial charge in [0.25, 0.3) is 5.91 Å². The van der Waals surface area contributed by atoms with E-state index < -0.39 is 12.0 Å². The average Bonchev–Trinajstić information content (AvgIpc) is 3.54. The lowest BCUT2D eigenvalue weighted by atomic mass is 10.1. The second kappa shape index (κ2) is 8.60. The second-order valence-corrected chi connectivity index (χ2v) is 8.19. The molecule has 11 heteroatoms. The van der Waals surface area contributed by atoms with E-state index in [2.05, 4.69) is 25.7 Å². The molecule has 0 spiro atoms. The van der Waals surface area contributed by atoms with Crippen molar-refractivity contribution in [3.05, 3.63) is 48.6 Å². The number of pyridine rings is 1. The van der Waals surface area contributed by atoms with Crippen LogP contribution in [0.25, 0.3) is 22.4 Å². The highest BCUT2D eigenvalue weighted by Crippen LogP contribution is 2.34. The Labute approximate surface area is 194 Å². The molecule has 1 fully saturated rings. The van der Waals surface area contributed by atoms with Gasteiger partial charge < -0.3 is 25.1 Å². The fourth-order valence-electron chi connectivity index (χ4n) is 4.02. The van der Waals surface area contributed by atoms with Gasteiger partial charge in [-0.1, -0.05) is 0 Å². The first-order valence-electron chi connectivity index (χ1n) is 10.8. The van der Waals surface area contributed by atoms with Gasteiger partial charge in [0.15, 0.2) is 5.69 Å². The molecule has 1 aliphatic rings. The summed E-state index contributed by atoms with van der Waals surface area (Å²) >= 11 is 0. The molecule has 0 aliphatic carbocycles. The number of aryl methyl sites for hydroxylation is 1. The van der Waals surface area contributed by atoms with Gasteiger partial charge in [-0.05, 0) is 30.7 Å². The van der Waals surface area contributed by atoms with Gasteiger partial charge in [0.1, 0.15) is 12.1 Å². The molecule has 1 aromatic carbocycles. The van der Waals surface area contributed by atoms with Gasteiger partial charge in [-0.15, -0.1) is 0 Å². The number of fused-ring (bicyclic) bond motifs is 1. The largest absolute Gasteiger partial charge is 0.444 e. The monoisotopic (exact) mass is 461 g/mol. The van der Waals surface area contributed by atoms with Crippen molar-refractivity contribution in [3.8, 4) is 11.5 Å². The topological polar surface area (TPSA) is 138 Å². The Kier molecular flexibility index (Phi) is 5.46. The Morgan fingerprint density at radius 1 is 1.24 bits per heavy atom. The third-order valence-corrected chi connectivity index (χ3v) is 5.66. The molecule has 11 nitrogen and oxygen atoms in total. The Morgan fingerprint density at radius 3 is 2.85 bits per heavy atom. The summed E-state index contributed by atoms with van der Waals surface area (Å²) in [5, 5.41) is 20.8. The minimum absolute atomic E-state index is 0.102. The lowest BCUT2D eigenvalue weighted by molar-refractivity contribution is -0.114. The number of carbonyl (C=O) groups excluding carboxylic acids is 2. The van der Waals surface area contributed by atoms with Crippen LogP contribution in [0.3, 0.4) is 0 Å². The zero-order chi connectivity index (χ0) is 23.8. The molecule has 0 unspecified atom stereocenters. The van der Waals surface area contributed by atoms with Crippen LogP contribution in [0, 0.1) is 0 Å². The summed E-state index contributed by atoms with van der Waals surface area (Å²) in [6, 6.07) is 7.11. The summed E-state index contributed by atoms with van der Waals surface area (Å²) in [6.07, 6.45) is 4.83. The summed E-state index contributed by atoms with van der Waals surface area (Å²) in [4.78, 5) is 34.8. The Bertz CT molecular complexity index is 1390. The number of aliphatic hydroxyl groups excluding tert-OH is 1. The third kappa shape index (κ3) is 4.20. The Hall–Kier alpha value is -4.25. The molecule has 3 aromatic heterocycles. The van der Waals surface area contributed by atoms with Gasteiger partial charge in [0.2, 0.25) is 11.8 Å². The molecule has 3 N–H and O–H groups in total. The molecule has 1 saturated heterocycles. The average molecular weight is 461 g/mol. The number of anilines is 3. The minimum atomic E-state index is -0.436. The van der Waals surface area contributed by atoms with Crippen molar-refractivity contribution >= 4 is 39.9 Å². The van der Waals surface area contributed by atoms with Crippen molar-refractivity contribution in [1.82, 2.24) is 19.7 Å². The van der Waals surface area contributed by atoms with E-state index in [1.807, 2.05) is 24.1 Å². The Balaban J connectivity index is 1.43. The quantitative estimate of drug-likeness (QED) is 0.412. The predicted molar refractivity (Wildman–Crippen MR) is 126 cm³/mol. The molecule has 0 bridgehead atoms. The molecule has 2 amide bonds. The number of hydrogen-bond donors (Lipinski definition) is 3. The van der Waals surface area contributed by atoms with E-state index in [1.54, 1.807) is 23.0 Å². The highest BCUT2D eigenvalue weighted by atomic mass is 16.3. The molecule has 5 rings (SSSR count). The molecule has 4 aromatic rings. The first kappa shape index (κ1) is 21.6. The highest BCUT2D eigenvalue weighted by molar-refractivity contribution is 6.06. The molecule has 1 atom stereocenters. The van der Waals surface area contributed by atoms with Crippen molar-refractivity contribution in [2.45, 2.75) is 19.4 Å². The van der Waals surface area contributed by atoms with Gasteiger partial charge in [0.05, 0.1) is 29.2 Å². The molecular weight excluding hydrogens is 438 g/mol. The van der Waals surface area contributed by atoms with E-state index in [-0.39, 0.29) is 17.5 Å². The maximum atomic E-state index is 13.1. The summed E-state index contributed by atoms with van der Waals surface area (Å²) in [5.74, 6) is -0.0993. The number of amides is 2. The number of nitrogens with one attached hydrogen (secondary N) is 2. The number of oxazole rings is 1. The number of nitrogens with zero attached hydrogens (tertiary/aromatic N) is 5. The van der Waals surface area contributed by atoms with Crippen LogP contribution in [-0.4, -0.2) is 55.9 Å². The zero-order valence-electron chi connectivity index (χ0n) is 18.6. The van der Waals surface area contributed by atoms with Gasteiger partial charge >= 0.3 is 0 Å². The standard InChI is InChI=1S/C23H23N7O4/c1-13(31)26-21-8-14(3-5-24-21)23-28-18(12-34-23)22(33)27-17-9-19-15(10-25-29(19)2)7-20(17)30-6-4-16(32)11-30/h3,5,7-10,12,16,32H,4,6,11H2,1-2H3,(H,27,33)(H,24,26,31)/t16-/m0/s1. The van der Waals surface area contributed by atoms with Gasteiger partial charge in [-0.25, -0.2) is 9.97 Å². The second-order valence-electron chi connectivity index (χ2n) is 8.19. The van der Waals surface area contributed by atoms with Crippen LogP contribution >= 0.6 is 0 Å². The summed E-state index contributed by atoms with van der Waals surface area (Å²) in [5.41, 5.74) is 2.94. The fourth-order valence-corrected chi connectivity index (χ4v) is 4.02. The third-order valence-electron chi connectivity index (χ3n) is 5.66. The van der Waals surface area contributed by atoms with E-state index in [1.165, 1.54) is 19.4 Å². The van der Waals surface area contributed by atoms with E-state index in [4.69, 9.17) is 4.42 Å². The van der Waals surface area contributed by atoms with Crippen molar-refractivity contribution in [2.24, 2.45) is 7.05 Å². The number of rotatable bonds is 5. The lowest BCUT2D eigenvalue weighted by Crippen LogP contribution is -2.23. The molecule has 1 aliphatic heterocycles. The Morgan fingerprint density at radius 2 is 2.09 bits per heavy atom. The number of aliphatic hydroxyl groups is 1. The van der Waals surface area contributed by atoms with Crippen LogP contribution in [-0.2, 0) is 11.8 Å². The number of carbonyl (C=O) groups is 2. The number of β-amino-alcohol motifs (C(OH)–C–C–N with tert-alkyl or cyclic N) is 1. The van der Waals surface area contributed by atoms with Crippen LogP contribution < -0.4 is 15.5 Å². The number of hydrogen-bond acceptors (Lipinski definition) is 8. The fraction of sp³-hybridized carbons (Fsp3) is 0.261. The predicted octanol–water partition coefficient (Wildman–Crippen LogP) is 2.41. The molecule has 4 heterocycles. The SMILES string of the molecule is CC(=O)Nc1cc(-c2nc(C(=O)Nc3cc4c(cnn4C)cc3N3CC[C@H](O)C3)co2)ccn1. The van der Waals surface area contributed by atoms with E-state index in [9.17, 15) is 14.7 Å². The van der Waals surface area contributed by atoms with Crippen molar-refractivity contribution in [2.75, 3.05) is 28.6 Å². The maximum Gasteiger partial charge on any atom is 0.277 e. The maximum absolute atomic E-state index is 13.1. The van der Waals surface area contributed by atoms with Crippen molar-refractivity contribution in [3.63, 3.8) is 0 Å². The highest BCUT2D eigenvalue weighted by Gasteiger charge is 2.25. The van der Waals surface area contributed by atoms with Crippen LogP contribution in [0.4, 0.5) is 17.2 Å². The van der Waals surface area contributed by atoms with Crippen LogP contribution in [0.2, 0.25) is 0 Å². The minimum Gasteiger partial charge on any atom is -0.444 e. The van der Waals surface area contributed by atoms with E-state index in [0.717, 1.165) is 16.6 Å². The molecule has 0 saturated carbocycles. The molecule has 34 heavy (non-hydrogen) atoms. The first-order valence-corrected chi connectivity index (χ1v) is 10.8. The lowest BCUT2D eigenvalue weighted by Gasteiger charge is -2.22. The van der Waals surface area contributed by atoms with Crippen LogP contribution in [0.5, 0.6) is 0 Å². The summed E-state index contributed by atoms with van der Waals surface area (Å²) < 4.78 is 7.25. The summed E-state index contributed by atoms with van der Waals surface area (Å²) in [6.45, 7) is 2.56. The van der Waals surface area contributed by atoms with Gasteiger partial charge in [0, 0.05) is 44.2 Å². The molecule has 0 radical (unpaired) electrons. The molecule has 174 valence electrons. The first-order chi connectivity index (χ1) is 16.4. The normalized spacial score (nSPS) is 15.6. The molecular formula is C23H23N7O4. The van der Waals surface area contributed by atoms with Gasteiger partial charge in [-0.3, -0.25) is 14.3 Å². The van der Waals surface area contributed by atoms with Crippen LogP contribution in [0.15, 0.2) is 47.3 Å². The van der Waals surface area contributed by atoms with Crippen molar-refractivity contribution < 1.29 is 19.1 Å². The number of aromatic nitrogens is 4. The summed E-state index contributed by atoms with van der Waals surface area (Å²) in [7, 11) is 1.83. The van der Waals surface area contributed by atoms with Gasteiger partial charge in [-0.2, -0.15) is 5.10 Å². The van der Waals surface area contributed by atoms with Crippen molar-refractivity contribution in [1.29, 1.82) is 0 Å². The number of benzene rings is 1. The van der Waals surface area contributed by atoms with E-state index >= 15 is 0 Å². The van der Waals surface area contributed by atoms with E-state index in [0.29, 0.717) is 36.6 Å². The van der Waals surface area contributed by atoms with Crippen LogP contribution in [0.1, 0.15) is 23.8 Å².